The van der Waals surface area contributed by atoms with Gasteiger partial charge in [0, 0.05) is 31.1 Å². The van der Waals surface area contributed by atoms with Gasteiger partial charge in [0.05, 0.1) is 5.92 Å². The highest BCUT2D eigenvalue weighted by molar-refractivity contribution is 6.30. The highest BCUT2D eigenvalue weighted by Crippen LogP contribution is 2.19. The Kier molecular flexibility index (Phi) is 5.94. The molecule has 1 unspecified atom stereocenters. The third-order valence-corrected chi connectivity index (χ3v) is 4.93. The summed E-state index contributed by atoms with van der Waals surface area (Å²) in [6.07, 6.45) is 1.03. The Morgan fingerprint density at radius 1 is 1.19 bits per heavy atom. The smallest absolute Gasteiger partial charge is 0.225 e. The van der Waals surface area contributed by atoms with Crippen molar-refractivity contribution in [2.45, 2.75) is 26.3 Å². The molecule has 4 nitrogen and oxygen atoms in total. The van der Waals surface area contributed by atoms with E-state index in [-0.39, 0.29) is 24.2 Å². The average molecular weight is 371 g/mol. The van der Waals surface area contributed by atoms with E-state index in [1.807, 2.05) is 49.4 Å². The molecule has 0 radical (unpaired) electrons. The lowest BCUT2D eigenvalue weighted by molar-refractivity contribution is -0.129. The fraction of sp³-hybridized carbons (Fsp3) is 0.333. The molecule has 136 valence electrons. The standard InChI is InChI=1S/C21H23ClN2O2/c1-15-4-2-6-17(10-15)13-23-21(26)18-12-20(25)24(14-18)9-8-16-5-3-7-19(22)11-16/h2-7,10-11,18H,8-9,12-14H2,1H3,(H,23,26). The van der Waals surface area contributed by atoms with Crippen LogP contribution in [0.25, 0.3) is 0 Å². The second-order valence-corrected chi connectivity index (χ2v) is 7.26. The van der Waals surface area contributed by atoms with Gasteiger partial charge < -0.3 is 10.2 Å². The summed E-state index contributed by atoms with van der Waals surface area (Å²) in [4.78, 5) is 26.4. The predicted molar refractivity (Wildman–Crippen MR) is 103 cm³/mol. The number of carbonyl (C=O) groups excluding carboxylic acids is 2. The number of hydrogen-bond donors (Lipinski definition) is 1. The number of hydrogen-bond acceptors (Lipinski definition) is 2. The summed E-state index contributed by atoms with van der Waals surface area (Å²) in [5, 5.41) is 3.65. The first-order valence-electron chi connectivity index (χ1n) is 8.87. The maximum absolute atomic E-state index is 12.4. The number of likely N-dealkylation sites (tertiary alicyclic amines) is 1. The van der Waals surface area contributed by atoms with E-state index >= 15 is 0 Å². The SMILES string of the molecule is Cc1cccc(CNC(=O)C2CC(=O)N(CCc3cccc(Cl)c3)C2)c1. The van der Waals surface area contributed by atoms with Crippen LogP contribution in [0, 0.1) is 12.8 Å². The Hall–Kier alpha value is -2.33. The first-order valence-corrected chi connectivity index (χ1v) is 9.24. The zero-order valence-electron chi connectivity index (χ0n) is 14.9. The minimum Gasteiger partial charge on any atom is -0.352 e. The zero-order chi connectivity index (χ0) is 18.5. The third kappa shape index (κ3) is 4.85. The predicted octanol–water partition coefficient (Wildman–Crippen LogP) is 3.36. The van der Waals surface area contributed by atoms with Crippen molar-refractivity contribution in [2.24, 2.45) is 5.92 Å². The lowest BCUT2D eigenvalue weighted by atomic mass is 10.1. The molecule has 1 fully saturated rings. The lowest BCUT2D eigenvalue weighted by Gasteiger charge is -2.16. The van der Waals surface area contributed by atoms with Crippen molar-refractivity contribution >= 4 is 23.4 Å². The second-order valence-electron chi connectivity index (χ2n) is 6.83. The van der Waals surface area contributed by atoms with Gasteiger partial charge in [0.25, 0.3) is 0 Å². The van der Waals surface area contributed by atoms with E-state index in [2.05, 4.69) is 11.4 Å². The molecule has 0 aromatic heterocycles. The lowest BCUT2D eigenvalue weighted by Crippen LogP contribution is -2.33. The zero-order valence-corrected chi connectivity index (χ0v) is 15.6. The van der Waals surface area contributed by atoms with Crippen LogP contribution >= 0.6 is 11.6 Å². The molecule has 0 bridgehead atoms. The first-order chi connectivity index (χ1) is 12.5. The number of rotatable bonds is 6. The monoisotopic (exact) mass is 370 g/mol. The van der Waals surface area contributed by atoms with E-state index in [1.54, 1.807) is 4.90 Å². The number of nitrogens with one attached hydrogen (secondary N) is 1. The summed E-state index contributed by atoms with van der Waals surface area (Å²) in [5.74, 6) is -0.278. The van der Waals surface area contributed by atoms with Gasteiger partial charge in [-0.15, -0.1) is 0 Å². The minimum absolute atomic E-state index is 0.0442. The molecule has 0 saturated carbocycles. The van der Waals surface area contributed by atoms with Crippen LogP contribution in [0.3, 0.4) is 0 Å². The quantitative estimate of drug-likeness (QED) is 0.847. The molecule has 1 aliphatic rings. The van der Waals surface area contributed by atoms with E-state index in [1.165, 1.54) is 5.56 Å². The van der Waals surface area contributed by atoms with E-state index in [0.29, 0.717) is 24.7 Å². The van der Waals surface area contributed by atoms with E-state index in [9.17, 15) is 9.59 Å². The summed E-state index contributed by atoms with van der Waals surface area (Å²) in [6.45, 7) is 3.62. The molecule has 1 aliphatic heterocycles. The van der Waals surface area contributed by atoms with Gasteiger partial charge in [0.1, 0.15) is 0 Å². The number of nitrogens with zero attached hydrogens (tertiary/aromatic N) is 1. The number of aryl methyl sites for hydroxylation is 1. The van der Waals surface area contributed by atoms with Crippen molar-refractivity contribution in [1.29, 1.82) is 0 Å². The van der Waals surface area contributed by atoms with Gasteiger partial charge in [0.2, 0.25) is 11.8 Å². The Bertz CT molecular complexity index is 806. The van der Waals surface area contributed by atoms with Crippen molar-refractivity contribution in [3.05, 3.63) is 70.2 Å². The largest absolute Gasteiger partial charge is 0.352 e. The molecule has 26 heavy (non-hydrogen) atoms. The van der Waals surface area contributed by atoms with E-state index in [4.69, 9.17) is 11.6 Å². The van der Waals surface area contributed by atoms with E-state index in [0.717, 1.165) is 17.5 Å². The van der Waals surface area contributed by atoms with Crippen LogP contribution in [-0.4, -0.2) is 29.8 Å². The van der Waals surface area contributed by atoms with Gasteiger partial charge >= 0.3 is 0 Å². The molecular formula is C21H23ClN2O2. The van der Waals surface area contributed by atoms with Gasteiger partial charge in [-0.1, -0.05) is 53.6 Å². The molecule has 2 amide bonds. The highest BCUT2D eigenvalue weighted by Gasteiger charge is 2.33. The van der Waals surface area contributed by atoms with Crippen LogP contribution in [0.5, 0.6) is 0 Å². The molecule has 1 atom stereocenters. The maximum Gasteiger partial charge on any atom is 0.225 e. The first kappa shape index (κ1) is 18.5. The van der Waals surface area contributed by atoms with Crippen LogP contribution in [0.4, 0.5) is 0 Å². The summed E-state index contributed by atoms with van der Waals surface area (Å²) < 4.78 is 0. The Balaban J connectivity index is 1.49. The highest BCUT2D eigenvalue weighted by atomic mass is 35.5. The molecule has 0 spiro atoms. The van der Waals surface area contributed by atoms with Crippen LogP contribution < -0.4 is 5.32 Å². The topological polar surface area (TPSA) is 49.4 Å². The normalized spacial score (nSPS) is 16.8. The Morgan fingerprint density at radius 2 is 1.96 bits per heavy atom. The Labute approximate surface area is 159 Å². The number of amides is 2. The molecule has 1 saturated heterocycles. The van der Waals surface area contributed by atoms with Crippen molar-refractivity contribution in [1.82, 2.24) is 10.2 Å². The molecule has 1 heterocycles. The molecule has 2 aromatic carbocycles. The summed E-state index contributed by atoms with van der Waals surface area (Å²) in [5.41, 5.74) is 3.33. The molecule has 0 aliphatic carbocycles. The van der Waals surface area contributed by atoms with Gasteiger partial charge in [-0.2, -0.15) is 0 Å². The van der Waals surface area contributed by atoms with Crippen molar-refractivity contribution in [3.8, 4) is 0 Å². The molecule has 5 heteroatoms. The number of halogens is 1. The summed E-state index contributed by atoms with van der Waals surface area (Å²) in [7, 11) is 0. The van der Waals surface area contributed by atoms with Gasteiger partial charge in [-0.05, 0) is 36.6 Å². The number of carbonyl (C=O) groups is 2. The summed E-state index contributed by atoms with van der Waals surface area (Å²) >= 11 is 6.00. The second kappa shape index (κ2) is 8.37. The molecule has 1 N–H and O–H groups in total. The van der Waals surface area contributed by atoms with Gasteiger partial charge in [-0.3, -0.25) is 9.59 Å². The van der Waals surface area contributed by atoms with Crippen molar-refractivity contribution < 1.29 is 9.59 Å². The van der Waals surface area contributed by atoms with Crippen LogP contribution in [0.15, 0.2) is 48.5 Å². The van der Waals surface area contributed by atoms with Crippen LogP contribution in [0.2, 0.25) is 5.02 Å². The average Bonchev–Trinajstić information content (AvgIpc) is 2.99. The fourth-order valence-electron chi connectivity index (χ4n) is 3.28. The fourth-order valence-corrected chi connectivity index (χ4v) is 3.49. The van der Waals surface area contributed by atoms with Crippen LogP contribution in [0.1, 0.15) is 23.1 Å². The maximum atomic E-state index is 12.4. The summed E-state index contributed by atoms with van der Waals surface area (Å²) in [6, 6.07) is 15.7. The number of benzene rings is 2. The van der Waals surface area contributed by atoms with Crippen molar-refractivity contribution in [2.75, 3.05) is 13.1 Å². The molecule has 2 aromatic rings. The molecular weight excluding hydrogens is 348 g/mol. The molecule has 3 rings (SSSR count). The van der Waals surface area contributed by atoms with Gasteiger partial charge in [-0.25, -0.2) is 0 Å². The van der Waals surface area contributed by atoms with E-state index < -0.39 is 0 Å². The minimum atomic E-state index is -0.272. The van der Waals surface area contributed by atoms with Crippen molar-refractivity contribution in [3.63, 3.8) is 0 Å². The van der Waals surface area contributed by atoms with Crippen LogP contribution in [-0.2, 0) is 22.6 Å². The Morgan fingerprint density at radius 3 is 2.73 bits per heavy atom. The third-order valence-electron chi connectivity index (χ3n) is 4.69. The van der Waals surface area contributed by atoms with Gasteiger partial charge in [0.15, 0.2) is 0 Å².